The van der Waals surface area contributed by atoms with E-state index in [9.17, 15) is 0 Å². The van der Waals surface area contributed by atoms with Crippen LogP contribution in [0.25, 0.3) is 0 Å². The second kappa shape index (κ2) is 4.63. The van der Waals surface area contributed by atoms with Crippen LogP contribution < -0.4 is 11.5 Å². The molecule has 0 aliphatic carbocycles. The van der Waals surface area contributed by atoms with Crippen molar-refractivity contribution < 1.29 is 0 Å². The van der Waals surface area contributed by atoms with Gasteiger partial charge in [0.2, 0.25) is 0 Å². The lowest BCUT2D eigenvalue weighted by molar-refractivity contribution is 0.215. The number of likely N-dealkylation sites (N-methyl/N-ethyl adjacent to an activating group) is 1. The summed E-state index contributed by atoms with van der Waals surface area (Å²) in [5, 5.41) is 8.17. The molecular weight excluding hydrogens is 214 g/mol. The van der Waals surface area contributed by atoms with Crippen LogP contribution >= 0.6 is 0 Å². The molecule has 1 fully saturated rings. The SMILES string of the molecule is CN1CCN(C(=N)c2ccc(N)c(N)c2)CC1. The van der Waals surface area contributed by atoms with Crippen LogP contribution in [0.1, 0.15) is 5.56 Å². The second-order valence-corrected chi connectivity index (χ2v) is 4.48. The highest BCUT2D eigenvalue weighted by atomic mass is 15.3. The van der Waals surface area contributed by atoms with Crippen LogP contribution in [0.5, 0.6) is 0 Å². The molecule has 1 heterocycles. The van der Waals surface area contributed by atoms with E-state index in [2.05, 4.69) is 16.8 Å². The van der Waals surface area contributed by atoms with Crippen LogP contribution in [-0.4, -0.2) is 48.9 Å². The van der Waals surface area contributed by atoms with Crippen LogP contribution in [-0.2, 0) is 0 Å². The van der Waals surface area contributed by atoms with Crippen LogP contribution in [0.3, 0.4) is 0 Å². The molecule has 0 amide bonds. The zero-order chi connectivity index (χ0) is 12.4. The molecule has 1 aromatic rings. The highest BCUT2D eigenvalue weighted by Gasteiger charge is 2.17. The highest BCUT2D eigenvalue weighted by molar-refractivity contribution is 5.98. The molecule has 1 aliphatic rings. The minimum absolute atomic E-state index is 0.532. The molecule has 2 rings (SSSR count). The highest BCUT2D eigenvalue weighted by Crippen LogP contribution is 2.17. The van der Waals surface area contributed by atoms with Crippen molar-refractivity contribution in [2.24, 2.45) is 0 Å². The monoisotopic (exact) mass is 233 g/mol. The smallest absolute Gasteiger partial charge is 0.128 e. The molecule has 0 aromatic heterocycles. The van der Waals surface area contributed by atoms with Gasteiger partial charge in [-0.05, 0) is 25.2 Å². The topological polar surface area (TPSA) is 82.4 Å². The number of hydrogen-bond acceptors (Lipinski definition) is 4. The Morgan fingerprint density at radius 1 is 1.12 bits per heavy atom. The number of piperazine rings is 1. The lowest BCUT2D eigenvalue weighted by Crippen LogP contribution is -2.47. The van der Waals surface area contributed by atoms with E-state index in [-0.39, 0.29) is 0 Å². The Morgan fingerprint density at radius 2 is 1.76 bits per heavy atom. The molecule has 92 valence electrons. The third-order valence-electron chi connectivity index (χ3n) is 3.18. The Balaban J connectivity index is 2.11. The Kier molecular flexibility index (Phi) is 3.19. The number of amidine groups is 1. The summed E-state index contributed by atoms with van der Waals surface area (Å²) in [6.07, 6.45) is 0. The molecule has 17 heavy (non-hydrogen) atoms. The Morgan fingerprint density at radius 3 is 2.35 bits per heavy atom. The van der Waals surface area contributed by atoms with Crippen molar-refractivity contribution >= 4 is 17.2 Å². The molecule has 0 bridgehead atoms. The molecule has 0 atom stereocenters. The van der Waals surface area contributed by atoms with E-state index in [0.717, 1.165) is 31.7 Å². The Labute approximate surface area is 102 Å². The van der Waals surface area contributed by atoms with Gasteiger partial charge in [-0.1, -0.05) is 0 Å². The summed E-state index contributed by atoms with van der Waals surface area (Å²) in [5.41, 5.74) is 13.4. The molecule has 5 nitrogen and oxygen atoms in total. The Bertz CT molecular complexity index is 421. The number of nitrogen functional groups attached to an aromatic ring is 2. The van der Waals surface area contributed by atoms with E-state index in [4.69, 9.17) is 16.9 Å². The van der Waals surface area contributed by atoms with Crippen molar-refractivity contribution in [1.82, 2.24) is 9.80 Å². The average Bonchev–Trinajstić information content (AvgIpc) is 2.33. The lowest BCUT2D eigenvalue weighted by atomic mass is 10.1. The van der Waals surface area contributed by atoms with Gasteiger partial charge in [-0.25, -0.2) is 0 Å². The van der Waals surface area contributed by atoms with Gasteiger partial charge < -0.3 is 21.3 Å². The van der Waals surface area contributed by atoms with Crippen LogP contribution in [0.15, 0.2) is 18.2 Å². The molecule has 5 heteroatoms. The molecule has 1 aromatic carbocycles. The molecule has 0 radical (unpaired) electrons. The van der Waals surface area contributed by atoms with Gasteiger partial charge in [0.25, 0.3) is 0 Å². The van der Waals surface area contributed by atoms with E-state index in [1.54, 1.807) is 12.1 Å². The molecule has 1 saturated heterocycles. The van der Waals surface area contributed by atoms with E-state index in [1.807, 2.05) is 6.07 Å². The maximum absolute atomic E-state index is 8.17. The average molecular weight is 233 g/mol. The predicted molar refractivity (Wildman–Crippen MR) is 71.2 cm³/mol. The third-order valence-corrected chi connectivity index (χ3v) is 3.18. The van der Waals surface area contributed by atoms with Gasteiger partial charge in [0.15, 0.2) is 0 Å². The fourth-order valence-electron chi connectivity index (χ4n) is 1.93. The zero-order valence-electron chi connectivity index (χ0n) is 10.1. The van der Waals surface area contributed by atoms with E-state index >= 15 is 0 Å². The maximum Gasteiger partial charge on any atom is 0.128 e. The number of hydrogen-bond donors (Lipinski definition) is 3. The third kappa shape index (κ3) is 2.50. The first kappa shape index (κ1) is 11.7. The first-order chi connectivity index (χ1) is 8.08. The fourth-order valence-corrected chi connectivity index (χ4v) is 1.93. The summed E-state index contributed by atoms with van der Waals surface area (Å²) >= 11 is 0. The minimum Gasteiger partial charge on any atom is -0.397 e. The molecule has 0 spiro atoms. The summed E-state index contributed by atoms with van der Waals surface area (Å²) in [5.74, 6) is 0.532. The van der Waals surface area contributed by atoms with Crippen LogP contribution in [0, 0.1) is 5.41 Å². The first-order valence-electron chi connectivity index (χ1n) is 5.75. The molecule has 0 unspecified atom stereocenters. The van der Waals surface area contributed by atoms with Gasteiger partial charge in [0, 0.05) is 31.7 Å². The standard InChI is InChI=1S/C12H19N5/c1-16-4-6-17(7-5-16)12(15)9-2-3-10(13)11(14)8-9/h2-3,8,15H,4-7,13-14H2,1H3. The fraction of sp³-hybridized carbons (Fsp3) is 0.417. The van der Waals surface area contributed by atoms with Crippen LogP contribution in [0.4, 0.5) is 11.4 Å². The van der Waals surface area contributed by atoms with Gasteiger partial charge in [-0.15, -0.1) is 0 Å². The van der Waals surface area contributed by atoms with Gasteiger partial charge in [0.05, 0.1) is 11.4 Å². The number of anilines is 2. The summed E-state index contributed by atoms with van der Waals surface area (Å²) < 4.78 is 0. The van der Waals surface area contributed by atoms with Gasteiger partial charge in [-0.2, -0.15) is 0 Å². The number of nitrogens with zero attached hydrogens (tertiary/aromatic N) is 2. The summed E-state index contributed by atoms with van der Waals surface area (Å²) in [6.45, 7) is 3.76. The van der Waals surface area contributed by atoms with E-state index in [0.29, 0.717) is 17.2 Å². The van der Waals surface area contributed by atoms with Crippen molar-refractivity contribution in [1.29, 1.82) is 5.41 Å². The van der Waals surface area contributed by atoms with Gasteiger partial charge >= 0.3 is 0 Å². The molecule has 1 aliphatic heterocycles. The van der Waals surface area contributed by atoms with Crippen LogP contribution in [0.2, 0.25) is 0 Å². The molecule has 5 N–H and O–H groups in total. The first-order valence-corrected chi connectivity index (χ1v) is 5.75. The zero-order valence-corrected chi connectivity index (χ0v) is 10.1. The van der Waals surface area contributed by atoms with Crippen molar-refractivity contribution in [3.63, 3.8) is 0 Å². The van der Waals surface area contributed by atoms with E-state index in [1.165, 1.54) is 0 Å². The predicted octanol–water partition coefficient (Wildman–Crippen LogP) is 0.424. The maximum atomic E-state index is 8.17. The normalized spacial score (nSPS) is 17.1. The number of rotatable bonds is 1. The number of benzene rings is 1. The van der Waals surface area contributed by atoms with Crippen molar-refractivity contribution in [3.8, 4) is 0 Å². The quantitative estimate of drug-likeness (QED) is 0.373. The summed E-state index contributed by atoms with van der Waals surface area (Å²) in [7, 11) is 2.10. The van der Waals surface area contributed by atoms with Crippen molar-refractivity contribution in [3.05, 3.63) is 23.8 Å². The van der Waals surface area contributed by atoms with Crippen molar-refractivity contribution in [2.45, 2.75) is 0 Å². The summed E-state index contributed by atoms with van der Waals surface area (Å²) in [4.78, 5) is 4.34. The molecular formula is C12H19N5. The van der Waals surface area contributed by atoms with Crippen molar-refractivity contribution in [2.75, 3.05) is 44.7 Å². The second-order valence-electron chi connectivity index (χ2n) is 4.48. The Hall–Kier alpha value is -1.75. The van der Waals surface area contributed by atoms with Gasteiger partial charge in [-0.3, -0.25) is 5.41 Å². The van der Waals surface area contributed by atoms with Gasteiger partial charge in [0.1, 0.15) is 5.84 Å². The minimum atomic E-state index is 0.532. The number of nitrogens with two attached hydrogens (primary N) is 2. The largest absolute Gasteiger partial charge is 0.397 e. The van der Waals surface area contributed by atoms with E-state index < -0.39 is 0 Å². The summed E-state index contributed by atoms with van der Waals surface area (Å²) in [6, 6.07) is 5.39. The molecule has 0 saturated carbocycles. The lowest BCUT2D eigenvalue weighted by Gasteiger charge is -2.34. The number of nitrogens with one attached hydrogen (secondary N) is 1.